The molecular weight excluding hydrogens is 230 g/mol. The first kappa shape index (κ1) is 11.1. The SMILES string of the molecule is CC(C(=O)O)C1CN(c2cncc(Cl)n2)C1. The van der Waals surface area contributed by atoms with Crippen LogP contribution < -0.4 is 4.90 Å². The van der Waals surface area contributed by atoms with Crippen LogP contribution in [-0.2, 0) is 4.79 Å². The molecule has 0 saturated carbocycles. The Balaban J connectivity index is 1.96. The molecule has 5 nitrogen and oxygen atoms in total. The highest BCUT2D eigenvalue weighted by Crippen LogP contribution is 2.28. The van der Waals surface area contributed by atoms with Crippen molar-refractivity contribution in [1.29, 1.82) is 0 Å². The number of carboxylic acids is 1. The van der Waals surface area contributed by atoms with E-state index in [1.165, 1.54) is 6.20 Å². The number of carbonyl (C=O) groups is 1. The van der Waals surface area contributed by atoms with Gasteiger partial charge in [-0.1, -0.05) is 18.5 Å². The number of hydrogen-bond donors (Lipinski definition) is 1. The third-order valence-corrected chi connectivity index (χ3v) is 3.10. The van der Waals surface area contributed by atoms with E-state index in [0.29, 0.717) is 24.1 Å². The smallest absolute Gasteiger partial charge is 0.306 e. The van der Waals surface area contributed by atoms with Gasteiger partial charge in [0, 0.05) is 19.0 Å². The van der Waals surface area contributed by atoms with Crippen molar-refractivity contribution in [2.24, 2.45) is 11.8 Å². The van der Waals surface area contributed by atoms with E-state index >= 15 is 0 Å². The Bertz CT molecular complexity index is 407. The quantitative estimate of drug-likeness (QED) is 0.864. The highest BCUT2D eigenvalue weighted by Gasteiger charge is 2.35. The molecule has 16 heavy (non-hydrogen) atoms. The Hall–Kier alpha value is -1.36. The van der Waals surface area contributed by atoms with Gasteiger partial charge in [0.25, 0.3) is 0 Å². The summed E-state index contributed by atoms with van der Waals surface area (Å²) in [6.07, 6.45) is 3.11. The molecule has 2 heterocycles. The molecule has 1 aliphatic rings. The van der Waals surface area contributed by atoms with Gasteiger partial charge in [0.15, 0.2) is 0 Å². The minimum absolute atomic E-state index is 0.179. The summed E-state index contributed by atoms with van der Waals surface area (Å²) in [5, 5.41) is 9.20. The van der Waals surface area contributed by atoms with E-state index in [1.807, 2.05) is 4.90 Å². The predicted molar refractivity (Wildman–Crippen MR) is 59.5 cm³/mol. The molecule has 0 bridgehead atoms. The van der Waals surface area contributed by atoms with Crippen LogP contribution >= 0.6 is 11.6 Å². The van der Waals surface area contributed by atoms with Crippen molar-refractivity contribution < 1.29 is 9.90 Å². The Morgan fingerprint density at radius 1 is 1.62 bits per heavy atom. The Labute approximate surface area is 98.1 Å². The summed E-state index contributed by atoms with van der Waals surface area (Å²) >= 11 is 5.72. The van der Waals surface area contributed by atoms with Crippen LogP contribution in [0.25, 0.3) is 0 Å². The average molecular weight is 242 g/mol. The lowest BCUT2D eigenvalue weighted by molar-refractivity contribution is -0.143. The summed E-state index contributed by atoms with van der Waals surface area (Å²) in [6, 6.07) is 0. The highest BCUT2D eigenvalue weighted by atomic mass is 35.5. The third kappa shape index (κ3) is 2.09. The minimum atomic E-state index is -0.748. The van der Waals surface area contributed by atoms with Crippen LogP contribution in [0.2, 0.25) is 5.15 Å². The Kier molecular flexibility index (Phi) is 2.96. The second-order valence-corrected chi connectivity index (χ2v) is 4.38. The van der Waals surface area contributed by atoms with Gasteiger partial charge in [-0.2, -0.15) is 0 Å². The van der Waals surface area contributed by atoms with Gasteiger partial charge in [0.2, 0.25) is 0 Å². The molecule has 1 N–H and O–H groups in total. The van der Waals surface area contributed by atoms with E-state index in [1.54, 1.807) is 13.1 Å². The van der Waals surface area contributed by atoms with Crippen molar-refractivity contribution in [3.8, 4) is 0 Å². The van der Waals surface area contributed by atoms with E-state index in [0.717, 1.165) is 0 Å². The first-order valence-electron chi connectivity index (χ1n) is 5.03. The van der Waals surface area contributed by atoms with Crippen molar-refractivity contribution in [1.82, 2.24) is 9.97 Å². The van der Waals surface area contributed by atoms with Crippen molar-refractivity contribution in [3.05, 3.63) is 17.5 Å². The van der Waals surface area contributed by atoms with E-state index in [4.69, 9.17) is 16.7 Å². The van der Waals surface area contributed by atoms with Gasteiger partial charge < -0.3 is 10.0 Å². The van der Waals surface area contributed by atoms with Gasteiger partial charge in [-0.25, -0.2) is 4.98 Å². The van der Waals surface area contributed by atoms with Gasteiger partial charge in [-0.15, -0.1) is 0 Å². The van der Waals surface area contributed by atoms with Crippen molar-refractivity contribution in [2.75, 3.05) is 18.0 Å². The zero-order valence-electron chi connectivity index (χ0n) is 8.80. The minimum Gasteiger partial charge on any atom is -0.481 e. The highest BCUT2D eigenvalue weighted by molar-refractivity contribution is 6.29. The number of hydrogen-bond acceptors (Lipinski definition) is 4. The number of anilines is 1. The number of carboxylic acid groups (broad SMARTS) is 1. The van der Waals surface area contributed by atoms with Crippen LogP contribution in [0.5, 0.6) is 0 Å². The standard InChI is InChI=1S/C10H12ClN3O2/c1-6(10(15)16)7-4-14(5-7)9-3-12-2-8(11)13-9/h2-3,6-7H,4-5H2,1H3,(H,15,16). The first-order valence-corrected chi connectivity index (χ1v) is 5.41. The molecule has 1 saturated heterocycles. The summed E-state index contributed by atoms with van der Waals surface area (Å²) in [4.78, 5) is 20.8. The monoisotopic (exact) mass is 241 g/mol. The maximum atomic E-state index is 10.8. The lowest BCUT2D eigenvalue weighted by Gasteiger charge is -2.41. The number of aliphatic carboxylic acids is 1. The molecule has 0 amide bonds. The second kappa shape index (κ2) is 4.25. The zero-order valence-corrected chi connectivity index (χ0v) is 9.55. The van der Waals surface area contributed by atoms with Crippen LogP contribution in [0, 0.1) is 11.8 Å². The van der Waals surface area contributed by atoms with Crippen LogP contribution in [-0.4, -0.2) is 34.1 Å². The molecule has 1 atom stereocenters. The molecule has 0 aliphatic carbocycles. The van der Waals surface area contributed by atoms with E-state index in [2.05, 4.69) is 9.97 Å². The Morgan fingerprint density at radius 2 is 2.31 bits per heavy atom. The fraction of sp³-hybridized carbons (Fsp3) is 0.500. The van der Waals surface area contributed by atoms with Crippen molar-refractivity contribution in [2.45, 2.75) is 6.92 Å². The molecule has 86 valence electrons. The van der Waals surface area contributed by atoms with Gasteiger partial charge >= 0.3 is 5.97 Å². The summed E-state index contributed by atoms with van der Waals surface area (Å²) in [7, 11) is 0. The van der Waals surface area contributed by atoms with Gasteiger partial charge in [-0.3, -0.25) is 9.78 Å². The van der Waals surface area contributed by atoms with Crippen LogP contribution in [0.1, 0.15) is 6.92 Å². The topological polar surface area (TPSA) is 66.3 Å². The van der Waals surface area contributed by atoms with Gasteiger partial charge in [0.1, 0.15) is 11.0 Å². The molecular formula is C10H12ClN3O2. The van der Waals surface area contributed by atoms with Crippen LogP contribution in [0.3, 0.4) is 0 Å². The lowest BCUT2D eigenvalue weighted by Crippen LogP contribution is -2.51. The predicted octanol–water partition coefficient (Wildman–Crippen LogP) is 1.29. The summed E-state index contributed by atoms with van der Waals surface area (Å²) in [6.45, 7) is 3.12. The number of halogens is 1. The molecule has 1 aliphatic heterocycles. The largest absolute Gasteiger partial charge is 0.481 e. The first-order chi connectivity index (χ1) is 7.58. The maximum Gasteiger partial charge on any atom is 0.306 e. The molecule has 1 aromatic heterocycles. The summed E-state index contributed by atoms with van der Waals surface area (Å²) in [5.41, 5.74) is 0. The fourth-order valence-electron chi connectivity index (χ4n) is 1.70. The molecule has 0 aromatic carbocycles. The third-order valence-electron chi connectivity index (χ3n) is 2.92. The van der Waals surface area contributed by atoms with Crippen molar-refractivity contribution >= 4 is 23.4 Å². The molecule has 1 fully saturated rings. The normalized spacial score (nSPS) is 18.0. The van der Waals surface area contributed by atoms with E-state index in [-0.39, 0.29) is 11.8 Å². The Morgan fingerprint density at radius 3 is 2.88 bits per heavy atom. The summed E-state index contributed by atoms with van der Waals surface area (Å²) < 4.78 is 0. The number of aromatic nitrogens is 2. The fourth-order valence-corrected chi connectivity index (χ4v) is 1.85. The molecule has 6 heteroatoms. The lowest BCUT2D eigenvalue weighted by atomic mass is 9.87. The second-order valence-electron chi connectivity index (χ2n) is 3.99. The molecule has 2 rings (SSSR count). The zero-order chi connectivity index (χ0) is 11.7. The molecule has 1 aromatic rings. The molecule has 0 spiro atoms. The average Bonchev–Trinajstić information content (AvgIpc) is 2.15. The van der Waals surface area contributed by atoms with Crippen molar-refractivity contribution in [3.63, 3.8) is 0 Å². The number of rotatable bonds is 3. The van der Waals surface area contributed by atoms with Gasteiger partial charge in [-0.05, 0) is 0 Å². The number of nitrogens with zero attached hydrogens (tertiary/aromatic N) is 3. The van der Waals surface area contributed by atoms with E-state index < -0.39 is 5.97 Å². The van der Waals surface area contributed by atoms with Crippen LogP contribution in [0.4, 0.5) is 5.82 Å². The van der Waals surface area contributed by atoms with Crippen LogP contribution in [0.15, 0.2) is 12.4 Å². The molecule has 1 unspecified atom stereocenters. The molecule has 0 radical (unpaired) electrons. The van der Waals surface area contributed by atoms with E-state index in [9.17, 15) is 4.79 Å². The summed E-state index contributed by atoms with van der Waals surface area (Å²) in [5.74, 6) is -0.176. The van der Waals surface area contributed by atoms with Gasteiger partial charge in [0.05, 0.1) is 18.3 Å². The maximum absolute atomic E-state index is 10.8.